The predicted octanol–water partition coefficient (Wildman–Crippen LogP) is 0.203. The van der Waals surface area contributed by atoms with Crippen molar-refractivity contribution in [3.05, 3.63) is 51.2 Å². The van der Waals surface area contributed by atoms with E-state index >= 15 is 0 Å². The Bertz CT molecular complexity index is 940. The fraction of sp³-hybridized carbons (Fsp3) is 0.429. The van der Waals surface area contributed by atoms with Crippen LogP contribution >= 0.6 is 0 Å². The summed E-state index contributed by atoms with van der Waals surface area (Å²) in [5, 5.41) is 0. The first-order valence-corrected chi connectivity index (χ1v) is 8.60. The summed E-state index contributed by atoms with van der Waals surface area (Å²) in [5.74, 6) is 0.549. The van der Waals surface area contributed by atoms with Crippen LogP contribution in [0.4, 0.5) is 0 Å². The molecule has 3 rings (SSSR count). The second kappa shape index (κ2) is 5.50. The Kier molecular flexibility index (Phi) is 3.77. The first-order valence-electron chi connectivity index (χ1n) is 7.16. The molecule has 0 aromatic carbocycles. The Morgan fingerprint density at radius 3 is 2.65 bits per heavy atom. The molecular formula is C14H17N3O5S. The van der Waals surface area contributed by atoms with Crippen molar-refractivity contribution in [3.63, 3.8) is 0 Å². The van der Waals surface area contributed by atoms with Crippen molar-refractivity contribution in [1.82, 2.24) is 13.4 Å². The van der Waals surface area contributed by atoms with Crippen LogP contribution in [0, 0.1) is 0 Å². The molecule has 0 saturated carbocycles. The van der Waals surface area contributed by atoms with Gasteiger partial charge in [-0.25, -0.2) is 13.2 Å². The number of nitrogens with zero attached hydrogens (tertiary/aromatic N) is 3. The van der Waals surface area contributed by atoms with Crippen LogP contribution in [0.25, 0.3) is 0 Å². The van der Waals surface area contributed by atoms with Gasteiger partial charge in [0.2, 0.25) is 0 Å². The van der Waals surface area contributed by atoms with Gasteiger partial charge in [-0.1, -0.05) is 0 Å². The van der Waals surface area contributed by atoms with E-state index in [-0.39, 0.29) is 0 Å². The molecule has 1 saturated heterocycles. The van der Waals surface area contributed by atoms with Gasteiger partial charge in [-0.2, -0.15) is 4.31 Å². The van der Waals surface area contributed by atoms with Gasteiger partial charge in [-0.05, 0) is 25.0 Å². The van der Waals surface area contributed by atoms with Crippen LogP contribution in [0.5, 0.6) is 0 Å². The van der Waals surface area contributed by atoms with E-state index in [0.29, 0.717) is 25.1 Å². The van der Waals surface area contributed by atoms with E-state index in [4.69, 9.17) is 4.42 Å². The lowest BCUT2D eigenvalue weighted by atomic mass is 10.2. The van der Waals surface area contributed by atoms with E-state index in [2.05, 4.69) is 0 Å². The Hall–Kier alpha value is -2.13. The van der Waals surface area contributed by atoms with Crippen molar-refractivity contribution in [1.29, 1.82) is 0 Å². The summed E-state index contributed by atoms with van der Waals surface area (Å²) < 4.78 is 34.4. The summed E-state index contributed by atoms with van der Waals surface area (Å²) in [5.41, 5.74) is -1.39. The molecule has 124 valence electrons. The molecule has 9 heteroatoms. The standard InChI is InChI=1S/C14H17N3O5S/c1-15-9-12(13(18)16(2)14(15)19)23(20,21)17-7-3-5-10(17)11-6-4-8-22-11/h4,6,8-10H,3,5,7H2,1-2H3/t10-/m0/s1. The lowest BCUT2D eigenvalue weighted by Gasteiger charge is -2.22. The fourth-order valence-electron chi connectivity index (χ4n) is 2.87. The highest BCUT2D eigenvalue weighted by molar-refractivity contribution is 7.89. The number of hydrogen-bond acceptors (Lipinski definition) is 5. The van der Waals surface area contributed by atoms with E-state index < -0.39 is 32.2 Å². The molecule has 1 aliphatic rings. The van der Waals surface area contributed by atoms with E-state index in [1.807, 2.05) is 0 Å². The SMILES string of the molecule is Cn1cc(S(=O)(=O)N2CCC[C@H]2c2ccco2)c(=O)n(C)c1=O. The van der Waals surface area contributed by atoms with E-state index in [0.717, 1.165) is 15.3 Å². The smallest absolute Gasteiger partial charge is 0.330 e. The van der Waals surface area contributed by atoms with Crippen LogP contribution in [0.2, 0.25) is 0 Å². The van der Waals surface area contributed by atoms with Crippen molar-refractivity contribution in [2.45, 2.75) is 23.8 Å². The predicted molar refractivity (Wildman–Crippen MR) is 81.5 cm³/mol. The number of aromatic nitrogens is 2. The molecule has 1 fully saturated rings. The zero-order valence-electron chi connectivity index (χ0n) is 12.8. The van der Waals surface area contributed by atoms with Crippen molar-refractivity contribution in [2.75, 3.05) is 6.54 Å². The molecule has 1 atom stereocenters. The third kappa shape index (κ3) is 2.45. The van der Waals surface area contributed by atoms with Crippen molar-refractivity contribution < 1.29 is 12.8 Å². The molecule has 2 aromatic rings. The second-order valence-corrected chi connectivity index (χ2v) is 7.40. The monoisotopic (exact) mass is 339 g/mol. The average molecular weight is 339 g/mol. The molecule has 23 heavy (non-hydrogen) atoms. The maximum Gasteiger partial charge on any atom is 0.330 e. The molecule has 0 radical (unpaired) electrons. The van der Waals surface area contributed by atoms with E-state index in [1.54, 1.807) is 12.1 Å². The topological polar surface area (TPSA) is 94.5 Å². The number of rotatable bonds is 3. The summed E-state index contributed by atoms with van der Waals surface area (Å²) >= 11 is 0. The molecule has 3 heterocycles. The highest BCUT2D eigenvalue weighted by atomic mass is 32.2. The van der Waals surface area contributed by atoms with Gasteiger partial charge in [-0.15, -0.1) is 0 Å². The fourth-order valence-corrected chi connectivity index (χ4v) is 4.69. The quantitative estimate of drug-likeness (QED) is 0.796. The summed E-state index contributed by atoms with van der Waals surface area (Å²) in [6, 6.07) is 2.98. The maximum absolute atomic E-state index is 12.9. The zero-order chi connectivity index (χ0) is 16.8. The minimum Gasteiger partial charge on any atom is -0.468 e. The minimum absolute atomic E-state index is 0.305. The van der Waals surface area contributed by atoms with Gasteiger partial charge in [0.1, 0.15) is 5.76 Å². The van der Waals surface area contributed by atoms with Crippen molar-refractivity contribution >= 4 is 10.0 Å². The van der Waals surface area contributed by atoms with Gasteiger partial charge < -0.3 is 8.98 Å². The third-order valence-corrected chi connectivity index (χ3v) is 5.97. The number of sulfonamides is 1. The molecule has 0 unspecified atom stereocenters. The van der Waals surface area contributed by atoms with Gasteiger partial charge in [0, 0.05) is 26.8 Å². The number of furan rings is 1. The highest BCUT2D eigenvalue weighted by Gasteiger charge is 2.39. The molecule has 0 bridgehead atoms. The van der Waals surface area contributed by atoms with Crippen LogP contribution in [0.3, 0.4) is 0 Å². The van der Waals surface area contributed by atoms with Gasteiger partial charge in [0.05, 0.1) is 12.3 Å². The normalized spacial score (nSPS) is 19.3. The van der Waals surface area contributed by atoms with Gasteiger partial charge >= 0.3 is 5.69 Å². The summed E-state index contributed by atoms with van der Waals surface area (Å²) in [6.07, 6.45) is 3.87. The van der Waals surface area contributed by atoms with Crippen molar-refractivity contribution in [3.8, 4) is 0 Å². The molecule has 1 aliphatic heterocycles. The second-order valence-electron chi connectivity index (χ2n) is 5.54. The first kappa shape index (κ1) is 15.8. The van der Waals surface area contributed by atoms with Crippen LogP contribution in [-0.4, -0.2) is 28.4 Å². The van der Waals surface area contributed by atoms with Gasteiger partial charge in [0.15, 0.2) is 4.90 Å². The Morgan fingerprint density at radius 1 is 1.26 bits per heavy atom. The maximum atomic E-state index is 12.9. The third-order valence-electron chi connectivity index (χ3n) is 4.08. The first-order chi connectivity index (χ1) is 10.8. The van der Waals surface area contributed by atoms with E-state index in [1.165, 1.54) is 24.7 Å². The molecule has 2 aromatic heterocycles. The van der Waals surface area contributed by atoms with Gasteiger partial charge in [0.25, 0.3) is 15.6 Å². The van der Waals surface area contributed by atoms with Crippen molar-refractivity contribution in [2.24, 2.45) is 14.1 Å². The van der Waals surface area contributed by atoms with Crippen LogP contribution < -0.4 is 11.2 Å². The van der Waals surface area contributed by atoms with Crippen LogP contribution in [0.15, 0.2) is 43.5 Å². The zero-order valence-corrected chi connectivity index (χ0v) is 13.6. The average Bonchev–Trinajstić information content (AvgIpc) is 3.18. The van der Waals surface area contributed by atoms with E-state index in [9.17, 15) is 18.0 Å². The minimum atomic E-state index is -4.03. The van der Waals surface area contributed by atoms with Gasteiger partial charge in [-0.3, -0.25) is 9.36 Å². The molecule has 8 nitrogen and oxygen atoms in total. The highest BCUT2D eigenvalue weighted by Crippen LogP contribution is 2.35. The largest absolute Gasteiger partial charge is 0.468 e. The Morgan fingerprint density at radius 2 is 2.00 bits per heavy atom. The molecular weight excluding hydrogens is 322 g/mol. The lowest BCUT2D eigenvalue weighted by molar-refractivity contribution is 0.339. The Balaban J connectivity index is 2.13. The summed E-state index contributed by atoms with van der Waals surface area (Å²) in [6.45, 7) is 0.305. The summed E-state index contributed by atoms with van der Waals surface area (Å²) in [7, 11) is -1.35. The number of aryl methyl sites for hydroxylation is 1. The van der Waals surface area contributed by atoms with Crippen LogP contribution in [0.1, 0.15) is 24.6 Å². The van der Waals surface area contributed by atoms with Crippen LogP contribution in [-0.2, 0) is 24.1 Å². The molecule has 0 spiro atoms. The molecule has 0 amide bonds. The Labute approximate surface area is 132 Å². The summed E-state index contributed by atoms with van der Waals surface area (Å²) in [4.78, 5) is 23.6. The molecule has 0 aliphatic carbocycles. The molecule has 0 N–H and O–H groups in total. The number of hydrogen-bond donors (Lipinski definition) is 0. The lowest BCUT2D eigenvalue weighted by Crippen LogP contribution is -2.42.